The molecule has 0 aliphatic heterocycles. The molecule has 6 heteroatoms. The first-order valence-electron chi connectivity index (χ1n) is 20.9. The summed E-state index contributed by atoms with van der Waals surface area (Å²) in [6.45, 7) is 32.5. The summed E-state index contributed by atoms with van der Waals surface area (Å²) in [5.74, 6) is 4.68. The molecule has 58 heavy (non-hydrogen) atoms. The molecule has 5 rings (SSSR count). The van der Waals surface area contributed by atoms with Gasteiger partial charge in [0.25, 0.3) is 0 Å². The quantitative estimate of drug-likeness (QED) is 0.141. The van der Waals surface area contributed by atoms with Gasteiger partial charge in [-0.2, -0.15) is 0 Å². The minimum Gasteiger partial charge on any atom is -0.261 e. The smallest absolute Gasteiger partial charge is 0.144 e. The van der Waals surface area contributed by atoms with Crippen molar-refractivity contribution in [1.82, 2.24) is 24.9 Å². The van der Waals surface area contributed by atoms with E-state index in [9.17, 15) is 4.39 Å². The number of halogens is 1. The van der Waals surface area contributed by atoms with Crippen LogP contribution in [-0.2, 0) is 12.8 Å². The van der Waals surface area contributed by atoms with Crippen molar-refractivity contribution in [2.24, 2.45) is 29.6 Å². The van der Waals surface area contributed by atoms with Crippen LogP contribution in [0.15, 0.2) is 116 Å². The molecule has 0 spiro atoms. The molecule has 0 saturated heterocycles. The van der Waals surface area contributed by atoms with Crippen LogP contribution >= 0.6 is 0 Å². The van der Waals surface area contributed by atoms with Crippen LogP contribution in [0.25, 0.3) is 0 Å². The Morgan fingerprint density at radius 3 is 0.983 bits per heavy atom. The number of hydrogen-bond donors (Lipinski definition) is 0. The first-order chi connectivity index (χ1) is 26.6. The van der Waals surface area contributed by atoms with E-state index in [0.29, 0.717) is 59.5 Å². The molecule has 0 fully saturated rings. The first-order valence-corrected chi connectivity index (χ1v) is 20.9. The summed E-state index contributed by atoms with van der Waals surface area (Å²) in [6, 6.07) is 27.4. The van der Waals surface area contributed by atoms with Gasteiger partial charge in [0.15, 0.2) is 0 Å². The van der Waals surface area contributed by atoms with E-state index in [0.717, 1.165) is 6.42 Å². The predicted molar refractivity (Wildman–Crippen MR) is 253 cm³/mol. The Morgan fingerprint density at radius 1 is 0.397 bits per heavy atom. The van der Waals surface area contributed by atoms with E-state index >= 15 is 0 Å². The molecule has 0 bridgehead atoms. The molecular formula is C52H84FN5. The fourth-order valence-electron chi connectivity index (χ4n) is 4.85. The van der Waals surface area contributed by atoms with E-state index < -0.39 is 0 Å². The SMILES string of the molecule is C.C.CC.CC(C)C(C)c1ccccn1.CC(C)Cc1ccccn1.CC(C)Cc1ncccc1F.CC(C)[C@@H](C)c1ccccn1.CC(C)[C@H](C)c1ccccn1. The van der Waals surface area contributed by atoms with Crippen LogP contribution < -0.4 is 0 Å². The van der Waals surface area contributed by atoms with Crippen LogP contribution in [0, 0.1) is 35.4 Å². The maximum Gasteiger partial charge on any atom is 0.144 e. The van der Waals surface area contributed by atoms with E-state index in [2.05, 4.69) is 125 Å². The molecule has 0 aromatic carbocycles. The van der Waals surface area contributed by atoms with E-state index in [1.165, 1.54) is 28.8 Å². The highest BCUT2D eigenvalue weighted by Crippen LogP contribution is 2.22. The van der Waals surface area contributed by atoms with E-state index in [1.807, 2.05) is 101 Å². The van der Waals surface area contributed by atoms with Gasteiger partial charge >= 0.3 is 0 Å². The Morgan fingerprint density at radius 2 is 0.724 bits per heavy atom. The Bertz CT molecular complexity index is 1480. The Labute approximate surface area is 357 Å². The second kappa shape index (κ2) is 34.7. The van der Waals surface area contributed by atoms with Crippen LogP contribution in [0.1, 0.15) is 165 Å². The van der Waals surface area contributed by atoms with Gasteiger partial charge in [0.2, 0.25) is 0 Å². The van der Waals surface area contributed by atoms with E-state index in [4.69, 9.17) is 0 Å². The zero-order valence-corrected chi connectivity index (χ0v) is 37.6. The minimum absolute atomic E-state index is 0. The Balaban J connectivity index is -0.000000639. The highest BCUT2D eigenvalue weighted by Gasteiger charge is 2.11. The van der Waals surface area contributed by atoms with Crippen molar-refractivity contribution >= 4 is 0 Å². The maximum absolute atomic E-state index is 12.9. The molecule has 0 aliphatic carbocycles. The summed E-state index contributed by atoms with van der Waals surface area (Å²) in [5, 5.41) is 0. The topological polar surface area (TPSA) is 64.5 Å². The lowest BCUT2D eigenvalue weighted by atomic mass is 9.94. The van der Waals surface area contributed by atoms with E-state index in [-0.39, 0.29) is 20.7 Å². The van der Waals surface area contributed by atoms with Crippen molar-refractivity contribution < 1.29 is 4.39 Å². The number of hydrogen-bond acceptors (Lipinski definition) is 5. The number of rotatable bonds is 10. The van der Waals surface area contributed by atoms with Crippen LogP contribution in [-0.4, -0.2) is 24.9 Å². The molecule has 0 N–H and O–H groups in total. The fraction of sp³-hybridized carbons (Fsp3) is 0.519. The van der Waals surface area contributed by atoms with Crippen molar-refractivity contribution in [3.63, 3.8) is 0 Å². The van der Waals surface area contributed by atoms with Crippen molar-refractivity contribution in [3.8, 4) is 0 Å². The molecule has 5 aromatic heterocycles. The number of pyridine rings is 5. The summed E-state index contributed by atoms with van der Waals surface area (Å²) in [6.07, 6.45) is 10.8. The molecule has 3 atom stereocenters. The van der Waals surface area contributed by atoms with Crippen molar-refractivity contribution in [1.29, 1.82) is 0 Å². The normalized spacial score (nSPS) is 11.5. The van der Waals surface area contributed by atoms with Gasteiger partial charge in [0.1, 0.15) is 5.82 Å². The lowest BCUT2D eigenvalue weighted by Crippen LogP contribution is -2.03. The van der Waals surface area contributed by atoms with E-state index in [1.54, 1.807) is 12.3 Å². The molecule has 5 nitrogen and oxygen atoms in total. The van der Waals surface area contributed by atoms with Gasteiger partial charge in [-0.3, -0.25) is 24.9 Å². The molecule has 0 amide bonds. The van der Waals surface area contributed by atoms with Gasteiger partial charge < -0.3 is 0 Å². The van der Waals surface area contributed by atoms with Crippen LogP contribution in [0.3, 0.4) is 0 Å². The average molecular weight is 798 g/mol. The van der Waals surface area contributed by atoms with Crippen LogP contribution in [0.4, 0.5) is 4.39 Å². The molecule has 5 aromatic rings. The minimum atomic E-state index is -0.193. The van der Waals surface area contributed by atoms with Crippen molar-refractivity contribution in [3.05, 3.63) is 150 Å². The van der Waals surface area contributed by atoms with Gasteiger partial charge in [-0.1, -0.05) is 143 Å². The second-order valence-corrected chi connectivity index (χ2v) is 15.8. The maximum atomic E-state index is 12.9. The van der Waals surface area contributed by atoms with Gasteiger partial charge in [-0.25, -0.2) is 4.39 Å². The third kappa shape index (κ3) is 26.6. The third-order valence-electron chi connectivity index (χ3n) is 9.24. The first kappa shape index (κ1) is 58.0. The number of nitrogens with zero attached hydrogens (tertiary/aromatic N) is 5. The van der Waals surface area contributed by atoms with Gasteiger partial charge in [-0.15, -0.1) is 0 Å². The van der Waals surface area contributed by atoms with Crippen LogP contribution in [0.2, 0.25) is 0 Å². The second-order valence-electron chi connectivity index (χ2n) is 15.8. The van der Waals surface area contributed by atoms with Gasteiger partial charge in [0, 0.05) is 71.5 Å². The third-order valence-corrected chi connectivity index (χ3v) is 9.24. The highest BCUT2D eigenvalue weighted by molar-refractivity contribution is 5.11. The Hall–Kier alpha value is -4.32. The fourth-order valence-corrected chi connectivity index (χ4v) is 4.85. The zero-order valence-electron chi connectivity index (χ0n) is 37.6. The Kier molecular flexibility index (Phi) is 34.7. The van der Waals surface area contributed by atoms with Gasteiger partial charge in [-0.05, 0) is 103 Å². The average Bonchev–Trinajstić information content (AvgIpc) is 3.20. The van der Waals surface area contributed by atoms with Gasteiger partial charge in [0.05, 0.1) is 5.69 Å². The predicted octanol–water partition coefficient (Wildman–Crippen LogP) is 15.5. The lowest BCUT2D eigenvalue weighted by molar-refractivity contribution is 0.523. The molecule has 5 heterocycles. The molecular weight excluding hydrogens is 714 g/mol. The van der Waals surface area contributed by atoms with Crippen LogP contribution in [0.5, 0.6) is 0 Å². The zero-order chi connectivity index (χ0) is 42.5. The largest absolute Gasteiger partial charge is 0.261 e. The molecule has 0 aliphatic rings. The number of aromatic nitrogens is 5. The summed E-state index contributed by atoms with van der Waals surface area (Å²) >= 11 is 0. The summed E-state index contributed by atoms with van der Waals surface area (Å²) in [4.78, 5) is 21.1. The van der Waals surface area contributed by atoms with Crippen molar-refractivity contribution in [2.75, 3.05) is 0 Å². The standard InChI is InChI=1S/3C10H15N.C9H12FN.C9H13N.C2H6.2CH4/c3*1-8(2)9(3)10-6-4-5-7-11-10;1-7(2)6-9-8(10)4-3-5-11-9;1-8(2)7-9-5-3-4-6-10-9;1-2;;/h3*4-9H,1-3H3;3-5,7H,6H2,1-2H3;3-6,8H,7H2,1-2H3;1-2H3;2*1H4/t2*9-;;;;;;/m10....../s1. The summed E-state index contributed by atoms with van der Waals surface area (Å²) in [5.41, 5.74) is 5.35. The molecule has 324 valence electrons. The highest BCUT2D eigenvalue weighted by atomic mass is 19.1. The molecule has 1 unspecified atom stereocenters. The summed E-state index contributed by atoms with van der Waals surface area (Å²) in [7, 11) is 0. The summed E-state index contributed by atoms with van der Waals surface area (Å²) < 4.78 is 12.9. The monoisotopic (exact) mass is 798 g/mol. The van der Waals surface area contributed by atoms with Crippen molar-refractivity contribution in [2.45, 2.75) is 149 Å². The molecule has 0 radical (unpaired) electrons. The lowest BCUT2D eigenvalue weighted by Gasteiger charge is -2.13. The molecule has 0 saturated carbocycles.